The number of thiazole rings is 1. The lowest BCUT2D eigenvalue weighted by molar-refractivity contribution is -0.132. The van der Waals surface area contributed by atoms with Crippen LogP contribution < -0.4 is 9.64 Å². The zero-order valence-electron chi connectivity index (χ0n) is 16.7. The molecule has 1 aliphatic heterocycles. The predicted octanol–water partition coefficient (Wildman–Crippen LogP) is 4.38. The SMILES string of the molecule is CCOc1ccc(C(O)=C2C(=O)C(=O)N(c3nc(C)c(C)s3)[C@@H]2c2ccco2)cc1. The van der Waals surface area contributed by atoms with Crippen molar-refractivity contribution in [3.63, 3.8) is 0 Å². The summed E-state index contributed by atoms with van der Waals surface area (Å²) in [6, 6.07) is 9.12. The molecule has 1 aliphatic rings. The lowest BCUT2D eigenvalue weighted by atomic mass is 9.99. The fourth-order valence-electron chi connectivity index (χ4n) is 3.34. The molecule has 0 spiro atoms. The van der Waals surface area contributed by atoms with E-state index in [0.717, 1.165) is 10.6 Å². The zero-order valence-corrected chi connectivity index (χ0v) is 17.5. The quantitative estimate of drug-likeness (QED) is 0.371. The number of aliphatic hydroxyl groups is 1. The van der Waals surface area contributed by atoms with Crippen LogP contribution in [0.15, 0.2) is 52.7 Å². The highest BCUT2D eigenvalue weighted by atomic mass is 32.1. The fourth-order valence-corrected chi connectivity index (χ4v) is 4.27. The maximum atomic E-state index is 13.0. The number of benzene rings is 1. The van der Waals surface area contributed by atoms with E-state index in [1.165, 1.54) is 22.5 Å². The van der Waals surface area contributed by atoms with Crippen molar-refractivity contribution in [3.05, 3.63) is 70.1 Å². The standard InChI is InChI=1S/C22H20N2O5S/c1-4-28-15-9-7-14(8-10-15)19(25)17-18(16-6-5-11-29-16)24(21(27)20(17)26)22-23-12(2)13(3)30-22/h5-11,18,25H,4H2,1-3H3/t18-/m1/s1. The molecule has 0 unspecified atom stereocenters. The third kappa shape index (κ3) is 3.29. The van der Waals surface area contributed by atoms with Gasteiger partial charge < -0.3 is 14.3 Å². The molecule has 1 saturated heterocycles. The molecule has 0 aliphatic carbocycles. The predicted molar refractivity (Wildman–Crippen MR) is 113 cm³/mol. The third-order valence-electron chi connectivity index (χ3n) is 4.92. The van der Waals surface area contributed by atoms with Gasteiger partial charge in [0.05, 0.1) is 24.1 Å². The average Bonchev–Trinajstić information content (AvgIpc) is 3.43. The van der Waals surface area contributed by atoms with Gasteiger partial charge in [-0.2, -0.15) is 0 Å². The number of furan rings is 1. The number of aliphatic hydroxyl groups excluding tert-OH is 1. The number of aryl methyl sites for hydroxylation is 2. The van der Waals surface area contributed by atoms with E-state index in [-0.39, 0.29) is 11.3 Å². The minimum atomic E-state index is -0.906. The number of hydrogen-bond donors (Lipinski definition) is 1. The molecule has 7 nitrogen and oxygen atoms in total. The molecule has 3 aromatic rings. The van der Waals surface area contributed by atoms with Gasteiger partial charge in [0.15, 0.2) is 5.13 Å². The Morgan fingerprint density at radius 1 is 1.23 bits per heavy atom. The number of aromatic nitrogens is 1. The van der Waals surface area contributed by atoms with Crippen molar-refractivity contribution in [3.8, 4) is 5.75 Å². The molecule has 1 atom stereocenters. The summed E-state index contributed by atoms with van der Waals surface area (Å²) >= 11 is 1.31. The maximum Gasteiger partial charge on any atom is 0.302 e. The number of carbonyl (C=O) groups is 2. The summed E-state index contributed by atoms with van der Waals surface area (Å²) in [6.45, 7) is 6.13. The van der Waals surface area contributed by atoms with Crippen LogP contribution in [0.5, 0.6) is 5.75 Å². The number of nitrogens with zero attached hydrogens (tertiary/aromatic N) is 2. The number of Topliss-reactive ketones (excluding diaryl/α,β-unsaturated/α-hetero) is 1. The molecule has 0 bridgehead atoms. The molecule has 1 fully saturated rings. The van der Waals surface area contributed by atoms with Crippen LogP contribution in [0.3, 0.4) is 0 Å². The fraction of sp³-hybridized carbons (Fsp3) is 0.227. The van der Waals surface area contributed by atoms with Gasteiger partial charge in [0.2, 0.25) is 0 Å². The molecule has 8 heteroatoms. The van der Waals surface area contributed by atoms with Crippen LogP contribution in [0.25, 0.3) is 5.76 Å². The van der Waals surface area contributed by atoms with Gasteiger partial charge in [-0.1, -0.05) is 0 Å². The lowest BCUT2D eigenvalue weighted by Crippen LogP contribution is -2.29. The summed E-state index contributed by atoms with van der Waals surface area (Å²) in [5.41, 5.74) is 1.14. The van der Waals surface area contributed by atoms with Gasteiger partial charge in [-0.15, -0.1) is 11.3 Å². The number of rotatable bonds is 5. The van der Waals surface area contributed by atoms with Gasteiger partial charge in [-0.25, -0.2) is 4.98 Å². The van der Waals surface area contributed by atoms with Crippen LogP contribution in [-0.2, 0) is 9.59 Å². The van der Waals surface area contributed by atoms with E-state index in [9.17, 15) is 14.7 Å². The molecule has 0 radical (unpaired) electrons. The summed E-state index contributed by atoms with van der Waals surface area (Å²) in [7, 11) is 0. The molecular weight excluding hydrogens is 404 g/mol. The van der Waals surface area contributed by atoms with Crippen molar-refractivity contribution >= 4 is 33.9 Å². The second-order valence-electron chi connectivity index (χ2n) is 6.78. The Hall–Kier alpha value is -3.39. The highest BCUT2D eigenvalue weighted by Gasteiger charge is 2.49. The van der Waals surface area contributed by atoms with Crippen molar-refractivity contribution < 1.29 is 23.8 Å². The zero-order chi connectivity index (χ0) is 21.4. The topological polar surface area (TPSA) is 92.9 Å². The van der Waals surface area contributed by atoms with Crippen molar-refractivity contribution in [2.75, 3.05) is 11.5 Å². The molecule has 4 rings (SSSR count). The number of carbonyl (C=O) groups excluding carboxylic acids is 2. The van der Waals surface area contributed by atoms with Gasteiger partial charge in [0.25, 0.3) is 5.78 Å². The van der Waals surface area contributed by atoms with E-state index in [4.69, 9.17) is 9.15 Å². The Bertz CT molecular complexity index is 1110. The molecule has 30 heavy (non-hydrogen) atoms. The highest BCUT2D eigenvalue weighted by molar-refractivity contribution is 7.16. The molecule has 1 N–H and O–H groups in total. The van der Waals surface area contributed by atoms with E-state index in [1.807, 2.05) is 20.8 Å². The van der Waals surface area contributed by atoms with Crippen molar-refractivity contribution in [2.45, 2.75) is 26.8 Å². The first kappa shape index (κ1) is 19.9. The third-order valence-corrected chi connectivity index (χ3v) is 5.99. The summed E-state index contributed by atoms with van der Waals surface area (Å²) in [5.74, 6) is -0.797. The van der Waals surface area contributed by atoms with E-state index < -0.39 is 17.7 Å². The number of hydrogen-bond acceptors (Lipinski definition) is 7. The van der Waals surface area contributed by atoms with Crippen LogP contribution in [0.1, 0.15) is 34.9 Å². The molecule has 154 valence electrons. The van der Waals surface area contributed by atoms with E-state index in [2.05, 4.69) is 4.98 Å². The van der Waals surface area contributed by atoms with E-state index in [0.29, 0.717) is 28.8 Å². The molecule has 3 heterocycles. The van der Waals surface area contributed by atoms with Crippen molar-refractivity contribution in [1.82, 2.24) is 4.98 Å². The van der Waals surface area contributed by atoms with Crippen LogP contribution in [0.2, 0.25) is 0 Å². The molecule has 0 saturated carbocycles. The van der Waals surface area contributed by atoms with Crippen LogP contribution in [-0.4, -0.2) is 28.4 Å². The Morgan fingerprint density at radius 2 is 1.97 bits per heavy atom. The van der Waals surface area contributed by atoms with Gasteiger partial charge in [-0.05, 0) is 57.2 Å². The number of ketones is 1. The molecule has 2 aromatic heterocycles. The lowest BCUT2D eigenvalue weighted by Gasteiger charge is -2.20. The Kier molecular flexibility index (Phi) is 5.17. The number of ether oxygens (including phenoxy) is 1. The van der Waals surface area contributed by atoms with Crippen molar-refractivity contribution in [1.29, 1.82) is 0 Å². The summed E-state index contributed by atoms with van der Waals surface area (Å²) in [4.78, 5) is 32.6. The van der Waals surface area contributed by atoms with E-state index in [1.54, 1.807) is 36.4 Å². The second-order valence-corrected chi connectivity index (χ2v) is 7.96. The van der Waals surface area contributed by atoms with Gasteiger partial charge >= 0.3 is 5.91 Å². The van der Waals surface area contributed by atoms with Crippen LogP contribution >= 0.6 is 11.3 Å². The Morgan fingerprint density at radius 3 is 2.53 bits per heavy atom. The van der Waals surface area contributed by atoms with Gasteiger partial charge in [-0.3, -0.25) is 14.5 Å². The minimum absolute atomic E-state index is 0.0374. The first-order chi connectivity index (χ1) is 14.4. The minimum Gasteiger partial charge on any atom is -0.507 e. The second kappa shape index (κ2) is 7.79. The smallest absolute Gasteiger partial charge is 0.302 e. The normalized spacial score (nSPS) is 18.2. The summed E-state index contributed by atoms with van der Waals surface area (Å²) in [6.07, 6.45) is 1.46. The summed E-state index contributed by atoms with van der Waals surface area (Å²) < 4.78 is 11.0. The van der Waals surface area contributed by atoms with Crippen molar-refractivity contribution in [2.24, 2.45) is 0 Å². The molecule has 1 aromatic carbocycles. The van der Waals surface area contributed by atoms with Gasteiger partial charge in [0, 0.05) is 10.4 Å². The monoisotopic (exact) mass is 424 g/mol. The van der Waals surface area contributed by atoms with Gasteiger partial charge in [0.1, 0.15) is 23.3 Å². The number of anilines is 1. The largest absolute Gasteiger partial charge is 0.507 e. The highest BCUT2D eigenvalue weighted by Crippen LogP contribution is 2.43. The Labute approximate surface area is 177 Å². The first-order valence-corrected chi connectivity index (χ1v) is 10.3. The summed E-state index contributed by atoms with van der Waals surface area (Å²) in [5, 5.41) is 11.4. The molecule has 1 amide bonds. The number of amides is 1. The van der Waals surface area contributed by atoms with E-state index >= 15 is 0 Å². The molecular formula is C22H20N2O5S. The maximum absolute atomic E-state index is 13.0. The van der Waals surface area contributed by atoms with Crippen LogP contribution in [0.4, 0.5) is 5.13 Å². The Balaban J connectivity index is 1.86. The first-order valence-electron chi connectivity index (χ1n) is 9.44. The van der Waals surface area contributed by atoms with Crippen LogP contribution in [0, 0.1) is 13.8 Å². The average molecular weight is 424 g/mol.